The number of carboxylic acids is 1. The van der Waals surface area contributed by atoms with Gasteiger partial charge in [0, 0.05) is 11.3 Å². The minimum absolute atomic E-state index is 0.290. The van der Waals surface area contributed by atoms with Crippen LogP contribution >= 0.6 is 0 Å². The first-order valence-corrected chi connectivity index (χ1v) is 5.10. The normalized spacial score (nSPS) is 11.4. The number of rotatable bonds is 4. The number of aliphatic carboxylic acids is 1. The van der Waals surface area contributed by atoms with Crippen LogP contribution in [0.15, 0.2) is 24.3 Å². The highest BCUT2D eigenvalue weighted by Crippen LogP contribution is 2.09. The van der Waals surface area contributed by atoms with E-state index in [1.165, 1.54) is 31.2 Å². The predicted octanol–water partition coefficient (Wildman–Crippen LogP) is 0.380. The lowest BCUT2D eigenvalue weighted by Gasteiger charge is -2.09. The highest BCUT2D eigenvalue weighted by Gasteiger charge is 2.14. The lowest BCUT2D eigenvalue weighted by molar-refractivity contribution is -0.138. The molecular formula is C11H13N3O4. The Balaban J connectivity index is 2.70. The van der Waals surface area contributed by atoms with E-state index in [1.807, 2.05) is 0 Å². The number of hydrogen-bond donors (Lipinski definition) is 4. The molecule has 0 heterocycles. The monoisotopic (exact) mass is 251 g/mol. The number of nitrogens with one attached hydrogen (secondary N) is 2. The molecule has 0 saturated carbocycles. The number of carbonyl (C=O) groups excluding carboxylic acids is 2. The van der Waals surface area contributed by atoms with Crippen LogP contribution in [0.3, 0.4) is 0 Å². The van der Waals surface area contributed by atoms with Crippen molar-refractivity contribution in [3.05, 3.63) is 29.8 Å². The summed E-state index contributed by atoms with van der Waals surface area (Å²) in [7, 11) is 0. The predicted molar refractivity (Wildman–Crippen MR) is 64.2 cm³/mol. The van der Waals surface area contributed by atoms with E-state index >= 15 is 0 Å². The van der Waals surface area contributed by atoms with Crippen LogP contribution in [0.25, 0.3) is 0 Å². The van der Waals surface area contributed by atoms with E-state index < -0.39 is 23.9 Å². The molecule has 1 aromatic rings. The Labute approximate surface area is 103 Å². The summed E-state index contributed by atoms with van der Waals surface area (Å²) < 4.78 is 0. The summed E-state index contributed by atoms with van der Waals surface area (Å²) in [6.45, 7) is 1.36. The van der Waals surface area contributed by atoms with E-state index in [9.17, 15) is 14.4 Å². The van der Waals surface area contributed by atoms with Gasteiger partial charge >= 0.3 is 12.0 Å². The van der Waals surface area contributed by atoms with Crippen LogP contribution in [0.1, 0.15) is 17.3 Å². The zero-order valence-electron chi connectivity index (χ0n) is 9.64. The van der Waals surface area contributed by atoms with Crippen LogP contribution in [0.4, 0.5) is 10.5 Å². The Kier molecular flexibility index (Phi) is 4.25. The molecule has 7 heteroatoms. The van der Waals surface area contributed by atoms with E-state index in [0.717, 1.165) is 0 Å². The molecule has 18 heavy (non-hydrogen) atoms. The molecule has 3 amide bonds. The maximum Gasteiger partial charge on any atom is 0.325 e. The van der Waals surface area contributed by atoms with E-state index in [0.29, 0.717) is 5.69 Å². The summed E-state index contributed by atoms with van der Waals surface area (Å²) in [5.74, 6) is -1.62. The van der Waals surface area contributed by atoms with Crippen LogP contribution in [-0.4, -0.2) is 29.1 Å². The van der Waals surface area contributed by atoms with Crippen molar-refractivity contribution < 1.29 is 19.5 Å². The zero-order valence-corrected chi connectivity index (χ0v) is 9.64. The fraction of sp³-hybridized carbons (Fsp3) is 0.182. The molecule has 0 aliphatic heterocycles. The molecule has 1 aromatic carbocycles. The number of hydrogen-bond acceptors (Lipinski definition) is 3. The van der Waals surface area contributed by atoms with Gasteiger partial charge in [-0.15, -0.1) is 0 Å². The molecule has 7 nitrogen and oxygen atoms in total. The SMILES string of the molecule is C[C@H](NC(=O)c1ccc(NC(N)=O)cc1)C(=O)O. The number of anilines is 1. The molecule has 0 saturated heterocycles. The molecule has 0 fully saturated rings. The number of primary amides is 1. The van der Waals surface area contributed by atoms with Gasteiger partial charge in [0.2, 0.25) is 0 Å². The summed E-state index contributed by atoms with van der Waals surface area (Å²) >= 11 is 0. The first kappa shape index (κ1) is 13.5. The number of carboxylic acid groups (broad SMARTS) is 1. The summed E-state index contributed by atoms with van der Waals surface area (Å²) in [6.07, 6.45) is 0. The average molecular weight is 251 g/mol. The van der Waals surface area contributed by atoms with Crippen molar-refractivity contribution in [3.8, 4) is 0 Å². The molecule has 0 aliphatic rings. The second kappa shape index (κ2) is 5.67. The number of nitrogens with two attached hydrogens (primary N) is 1. The molecule has 1 atom stereocenters. The van der Waals surface area contributed by atoms with Crippen molar-refractivity contribution in [2.24, 2.45) is 5.73 Å². The second-order valence-corrected chi connectivity index (χ2v) is 3.60. The Bertz CT molecular complexity index is 470. The van der Waals surface area contributed by atoms with E-state index in [2.05, 4.69) is 10.6 Å². The quantitative estimate of drug-likeness (QED) is 0.617. The number of benzene rings is 1. The lowest BCUT2D eigenvalue weighted by Crippen LogP contribution is -2.38. The molecule has 0 radical (unpaired) electrons. The Morgan fingerprint density at radius 2 is 1.78 bits per heavy atom. The summed E-state index contributed by atoms with van der Waals surface area (Å²) in [5.41, 5.74) is 5.67. The van der Waals surface area contributed by atoms with Gasteiger partial charge in [0.25, 0.3) is 5.91 Å². The van der Waals surface area contributed by atoms with Gasteiger partial charge in [-0.2, -0.15) is 0 Å². The van der Waals surface area contributed by atoms with Crippen LogP contribution in [0, 0.1) is 0 Å². The van der Waals surface area contributed by atoms with Crippen molar-refractivity contribution in [3.63, 3.8) is 0 Å². The summed E-state index contributed by atoms with van der Waals surface area (Å²) in [5, 5.41) is 13.3. The van der Waals surface area contributed by atoms with Crippen molar-refractivity contribution in [2.75, 3.05) is 5.32 Å². The van der Waals surface area contributed by atoms with Crippen LogP contribution in [-0.2, 0) is 4.79 Å². The molecule has 5 N–H and O–H groups in total. The zero-order chi connectivity index (χ0) is 13.7. The molecule has 1 rings (SSSR count). The lowest BCUT2D eigenvalue weighted by atomic mass is 10.2. The van der Waals surface area contributed by atoms with Gasteiger partial charge in [0.05, 0.1) is 0 Å². The van der Waals surface area contributed by atoms with E-state index in [1.54, 1.807) is 0 Å². The van der Waals surface area contributed by atoms with Crippen LogP contribution in [0.5, 0.6) is 0 Å². The van der Waals surface area contributed by atoms with Crippen molar-refractivity contribution >= 4 is 23.6 Å². The van der Waals surface area contributed by atoms with Gasteiger partial charge in [-0.3, -0.25) is 9.59 Å². The largest absolute Gasteiger partial charge is 0.480 e. The molecule has 0 unspecified atom stereocenters. The Morgan fingerprint density at radius 3 is 2.22 bits per heavy atom. The molecule has 0 spiro atoms. The maximum atomic E-state index is 11.6. The second-order valence-electron chi connectivity index (χ2n) is 3.60. The van der Waals surface area contributed by atoms with E-state index in [-0.39, 0.29) is 5.56 Å². The van der Waals surface area contributed by atoms with Crippen LogP contribution < -0.4 is 16.4 Å². The molecule has 0 aliphatic carbocycles. The Hall–Kier alpha value is -2.57. The topological polar surface area (TPSA) is 122 Å². The van der Waals surface area contributed by atoms with E-state index in [4.69, 9.17) is 10.8 Å². The summed E-state index contributed by atoms with van der Waals surface area (Å²) in [4.78, 5) is 32.7. The number of amides is 3. The highest BCUT2D eigenvalue weighted by molar-refractivity contribution is 5.97. The van der Waals surface area contributed by atoms with Gasteiger partial charge in [0.1, 0.15) is 6.04 Å². The third-order valence-electron chi connectivity index (χ3n) is 2.13. The van der Waals surface area contributed by atoms with Crippen molar-refractivity contribution in [1.82, 2.24) is 5.32 Å². The molecule has 0 bridgehead atoms. The van der Waals surface area contributed by atoms with Crippen LogP contribution in [0.2, 0.25) is 0 Å². The van der Waals surface area contributed by atoms with Crippen molar-refractivity contribution in [1.29, 1.82) is 0 Å². The summed E-state index contributed by atoms with van der Waals surface area (Å²) in [6, 6.07) is 4.22. The van der Waals surface area contributed by atoms with Gasteiger partial charge < -0.3 is 21.5 Å². The number of urea groups is 1. The Morgan fingerprint density at radius 1 is 1.22 bits per heavy atom. The van der Waals surface area contributed by atoms with Gasteiger partial charge in [-0.05, 0) is 31.2 Å². The van der Waals surface area contributed by atoms with Gasteiger partial charge in [-0.1, -0.05) is 0 Å². The minimum Gasteiger partial charge on any atom is -0.480 e. The van der Waals surface area contributed by atoms with Gasteiger partial charge in [-0.25, -0.2) is 4.79 Å². The van der Waals surface area contributed by atoms with Gasteiger partial charge in [0.15, 0.2) is 0 Å². The molecule has 0 aromatic heterocycles. The van der Waals surface area contributed by atoms with Crippen molar-refractivity contribution in [2.45, 2.75) is 13.0 Å². The number of carbonyl (C=O) groups is 3. The fourth-order valence-electron chi connectivity index (χ4n) is 1.19. The maximum absolute atomic E-state index is 11.6. The fourth-order valence-corrected chi connectivity index (χ4v) is 1.19. The highest BCUT2D eigenvalue weighted by atomic mass is 16.4. The molecule has 96 valence electrons. The standard InChI is InChI=1S/C11H13N3O4/c1-6(10(16)17)13-9(15)7-2-4-8(5-3-7)14-11(12)18/h2-6H,1H3,(H,13,15)(H,16,17)(H3,12,14,18)/t6-/m0/s1. The third-order valence-corrected chi connectivity index (χ3v) is 2.13. The third kappa shape index (κ3) is 3.78. The molecular weight excluding hydrogens is 238 g/mol. The first-order chi connectivity index (χ1) is 8.40. The smallest absolute Gasteiger partial charge is 0.325 e. The first-order valence-electron chi connectivity index (χ1n) is 5.10. The average Bonchev–Trinajstić information content (AvgIpc) is 2.28. The minimum atomic E-state index is -1.12.